The van der Waals surface area contributed by atoms with Crippen molar-refractivity contribution in [3.63, 3.8) is 0 Å². The summed E-state index contributed by atoms with van der Waals surface area (Å²) in [5.74, 6) is -1.52. The summed E-state index contributed by atoms with van der Waals surface area (Å²) in [6.45, 7) is 0.592. The average Bonchev–Trinajstić information content (AvgIpc) is 3.11. The first-order valence-corrected chi connectivity index (χ1v) is 7.57. The number of alkyl halides is 3. The fourth-order valence-corrected chi connectivity index (χ4v) is 2.86. The molecule has 0 atom stereocenters. The van der Waals surface area contributed by atoms with Crippen LogP contribution in [0.1, 0.15) is 35.2 Å². The molecular weight excluding hydrogens is 343 g/mol. The van der Waals surface area contributed by atoms with E-state index in [1.54, 1.807) is 11.9 Å². The Bertz CT molecular complexity index is 843. The molecule has 0 unspecified atom stereocenters. The van der Waals surface area contributed by atoms with Crippen LogP contribution < -0.4 is 5.69 Å². The first-order valence-electron chi connectivity index (χ1n) is 7.57. The fourth-order valence-electron chi connectivity index (χ4n) is 2.86. The second kappa shape index (κ2) is 6.01. The van der Waals surface area contributed by atoms with Gasteiger partial charge < -0.3 is 4.90 Å². The highest BCUT2D eigenvalue weighted by molar-refractivity contribution is 5.91. The molecule has 3 rings (SSSR count). The summed E-state index contributed by atoms with van der Waals surface area (Å²) >= 11 is 0. The zero-order valence-electron chi connectivity index (χ0n) is 13.6. The van der Waals surface area contributed by atoms with Crippen molar-refractivity contribution < 1.29 is 18.0 Å². The maximum Gasteiger partial charge on any atom is 0.451 e. The van der Waals surface area contributed by atoms with Crippen LogP contribution in [0.5, 0.6) is 0 Å². The van der Waals surface area contributed by atoms with E-state index < -0.39 is 23.7 Å². The Labute approximate surface area is 139 Å². The molecule has 1 aliphatic rings. The molecule has 0 saturated carbocycles. The number of hydrogen-bond acceptors (Lipinski definition) is 5. The van der Waals surface area contributed by atoms with Crippen molar-refractivity contribution in [3.05, 3.63) is 28.2 Å². The number of carbonyl (C=O) groups is 1. The van der Waals surface area contributed by atoms with E-state index in [2.05, 4.69) is 15.4 Å². The van der Waals surface area contributed by atoms with Gasteiger partial charge in [-0.1, -0.05) is 5.21 Å². The van der Waals surface area contributed by atoms with Crippen LogP contribution in [0.3, 0.4) is 0 Å². The number of nitrogens with zero attached hydrogens (tertiary/aromatic N) is 7. The standard InChI is InChI=1S/C13H16F3N7O2/c1-20-7-9(17-19-20)10(24)22-5-3-8(4-6-22)23-12(25)21(2)11(18-23)13(14,15)16/h7-8H,3-6H2,1-2H3. The number of carbonyl (C=O) groups excluding carboxylic acids is 1. The van der Waals surface area contributed by atoms with Gasteiger partial charge in [-0.05, 0) is 12.8 Å². The first kappa shape index (κ1) is 17.2. The summed E-state index contributed by atoms with van der Waals surface area (Å²) in [4.78, 5) is 25.9. The topological polar surface area (TPSA) is 90.8 Å². The Balaban J connectivity index is 1.73. The van der Waals surface area contributed by atoms with Crippen molar-refractivity contribution in [2.45, 2.75) is 25.1 Å². The first-order chi connectivity index (χ1) is 11.7. The molecule has 0 N–H and O–H groups in total. The third kappa shape index (κ3) is 3.15. The molecule has 2 aromatic heterocycles. The number of halogens is 3. The summed E-state index contributed by atoms with van der Waals surface area (Å²) in [6, 6.07) is -0.485. The molecule has 1 aliphatic heterocycles. The van der Waals surface area contributed by atoms with Crippen LogP contribution in [-0.4, -0.2) is 53.2 Å². The predicted octanol–water partition coefficient (Wildman–Crippen LogP) is 0.206. The lowest BCUT2D eigenvalue weighted by molar-refractivity contribution is -0.147. The minimum absolute atomic E-state index is 0.204. The van der Waals surface area contributed by atoms with Crippen molar-refractivity contribution in [1.29, 1.82) is 0 Å². The maximum absolute atomic E-state index is 12.9. The smallest absolute Gasteiger partial charge is 0.337 e. The number of aryl methyl sites for hydroxylation is 1. The van der Waals surface area contributed by atoms with Gasteiger partial charge in [0.1, 0.15) is 0 Å². The summed E-state index contributed by atoms with van der Waals surface area (Å²) in [6.07, 6.45) is -2.53. The van der Waals surface area contributed by atoms with E-state index in [-0.39, 0.29) is 11.6 Å². The normalized spacial score (nSPS) is 16.4. The summed E-state index contributed by atoms with van der Waals surface area (Å²) in [5.41, 5.74) is -0.610. The Kier molecular flexibility index (Phi) is 4.13. The predicted molar refractivity (Wildman–Crippen MR) is 77.6 cm³/mol. The molecule has 0 aliphatic carbocycles. The van der Waals surface area contributed by atoms with Gasteiger partial charge in [-0.25, -0.2) is 9.48 Å². The summed E-state index contributed by atoms with van der Waals surface area (Å²) in [7, 11) is 2.68. The Morgan fingerprint density at radius 2 is 1.88 bits per heavy atom. The van der Waals surface area contributed by atoms with Crippen LogP contribution in [0.2, 0.25) is 0 Å². The van der Waals surface area contributed by atoms with E-state index >= 15 is 0 Å². The number of hydrogen-bond donors (Lipinski definition) is 0. The Hall–Kier alpha value is -2.66. The second-order valence-electron chi connectivity index (χ2n) is 5.91. The van der Waals surface area contributed by atoms with Gasteiger partial charge in [-0.3, -0.25) is 14.0 Å². The van der Waals surface area contributed by atoms with E-state index in [4.69, 9.17) is 0 Å². The van der Waals surface area contributed by atoms with Crippen LogP contribution in [-0.2, 0) is 20.3 Å². The van der Waals surface area contributed by atoms with Crippen molar-refractivity contribution in [2.24, 2.45) is 14.1 Å². The van der Waals surface area contributed by atoms with Gasteiger partial charge in [-0.15, -0.1) is 10.2 Å². The van der Waals surface area contributed by atoms with Crippen LogP contribution in [0.15, 0.2) is 11.0 Å². The van der Waals surface area contributed by atoms with E-state index in [1.807, 2.05) is 0 Å². The zero-order valence-corrected chi connectivity index (χ0v) is 13.6. The number of rotatable bonds is 2. The van der Waals surface area contributed by atoms with E-state index in [0.29, 0.717) is 30.5 Å². The summed E-state index contributed by atoms with van der Waals surface area (Å²) in [5, 5.41) is 10.9. The molecule has 0 aromatic carbocycles. The van der Waals surface area contributed by atoms with Crippen molar-refractivity contribution >= 4 is 5.91 Å². The largest absolute Gasteiger partial charge is 0.451 e. The van der Waals surface area contributed by atoms with Gasteiger partial charge in [-0.2, -0.15) is 13.2 Å². The van der Waals surface area contributed by atoms with Gasteiger partial charge >= 0.3 is 11.9 Å². The molecule has 136 valence electrons. The van der Waals surface area contributed by atoms with Gasteiger partial charge in [0.2, 0.25) is 5.82 Å². The highest BCUT2D eigenvalue weighted by atomic mass is 19.4. The fraction of sp³-hybridized carbons (Fsp3) is 0.615. The number of amides is 1. The second-order valence-corrected chi connectivity index (χ2v) is 5.91. The molecule has 9 nitrogen and oxygen atoms in total. The van der Waals surface area contributed by atoms with E-state index in [1.165, 1.54) is 10.9 Å². The monoisotopic (exact) mass is 359 g/mol. The third-order valence-electron chi connectivity index (χ3n) is 4.18. The van der Waals surface area contributed by atoms with E-state index in [0.717, 1.165) is 11.7 Å². The molecule has 2 aromatic rings. The number of piperidine rings is 1. The number of aromatic nitrogens is 6. The molecule has 1 amide bonds. The number of likely N-dealkylation sites (tertiary alicyclic amines) is 1. The molecule has 0 spiro atoms. The minimum atomic E-state index is -4.69. The summed E-state index contributed by atoms with van der Waals surface area (Å²) < 4.78 is 41.4. The molecule has 3 heterocycles. The van der Waals surface area contributed by atoms with Crippen LogP contribution in [0.25, 0.3) is 0 Å². The average molecular weight is 359 g/mol. The molecule has 1 fully saturated rings. The van der Waals surface area contributed by atoms with Gasteiger partial charge in [0, 0.05) is 27.2 Å². The molecule has 0 bridgehead atoms. The van der Waals surface area contributed by atoms with Crippen molar-refractivity contribution in [3.8, 4) is 0 Å². The molecule has 25 heavy (non-hydrogen) atoms. The van der Waals surface area contributed by atoms with E-state index in [9.17, 15) is 22.8 Å². The molecule has 12 heteroatoms. The lowest BCUT2D eigenvalue weighted by Gasteiger charge is -2.31. The highest BCUT2D eigenvalue weighted by Crippen LogP contribution is 2.28. The molecule has 1 saturated heterocycles. The van der Waals surface area contributed by atoms with Gasteiger partial charge in [0.05, 0.1) is 12.2 Å². The molecular formula is C13H16F3N7O2. The van der Waals surface area contributed by atoms with Crippen molar-refractivity contribution in [2.75, 3.05) is 13.1 Å². The zero-order chi connectivity index (χ0) is 18.4. The SMILES string of the molecule is Cn1cc(C(=O)N2CCC(n3nc(C(F)(F)F)n(C)c3=O)CC2)nn1. The van der Waals surface area contributed by atoms with Crippen LogP contribution in [0.4, 0.5) is 13.2 Å². The minimum Gasteiger partial charge on any atom is -0.337 e. The Morgan fingerprint density at radius 1 is 1.24 bits per heavy atom. The quantitative estimate of drug-likeness (QED) is 0.764. The lowest BCUT2D eigenvalue weighted by Crippen LogP contribution is -2.41. The Morgan fingerprint density at radius 3 is 2.36 bits per heavy atom. The molecule has 0 radical (unpaired) electrons. The van der Waals surface area contributed by atoms with Crippen LogP contribution >= 0.6 is 0 Å². The van der Waals surface area contributed by atoms with Gasteiger partial charge in [0.15, 0.2) is 5.69 Å². The van der Waals surface area contributed by atoms with Crippen LogP contribution in [0, 0.1) is 0 Å². The van der Waals surface area contributed by atoms with Crippen molar-refractivity contribution in [1.82, 2.24) is 34.2 Å². The third-order valence-corrected chi connectivity index (χ3v) is 4.18. The lowest BCUT2D eigenvalue weighted by atomic mass is 10.1. The maximum atomic E-state index is 12.9. The highest BCUT2D eigenvalue weighted by Gasteiger charge is 2.39. The van der Waals surface area contributed by atoms with Gasteiger partial charge in [0.25, 0.3) is 5.91 Å².